The standard InChI is InChI=1S/C18H28N2O2/c1-13(2)17-6-5-16(14-7-9-22-12-14)18(19-17)10-20-8-3-4-15(20)11-21/h5-6,13-15,21H,3-4,7-12H2,1-2H3/t14-,15?/m1/s1. The predicted molar refractivity (Wildman–Crippen MR) is 87.0 cm³/mol. The number of aliphatic hydroxyl groups is 1. The van der Waals surface area contributed by atoms with E-state index in [9.17, 15) is 5.11 Å². The molecule has 22 heavy (non-hydrogen) atoms. The fraction of sp³-hybridized carbons (Fsp3) is 0.722. The molecule has 1 unspecified atom stereocenters. The van der Waals surface area contributed by atoms with E-state index in [0.29, 0.717) is 17.9 Å². The average Bonchev–Trinajstić information content (AvgIpc) is 3.18. The highest BCUT2D eigenvalue weighted by molar-refractivity contribution is 5.29. The van der Waals surface area contributed by atoms with E-state index in [-0.39, 0.29) is 6.61 Å². The van der Waals surface area contributed by atoms with Crippen molar-refractivity contribution in [2.24, 2.45) is 0 Å². The van der Waals surface area contributed by atoms with Gasteiger partial charge in [-0.3, -0.25) is 9.88 Å². The molecule has 3 rings (SSSR count). The summed E-state index contributed by atoms with van der Waals surface area (Å²) in [4.78, 5) is 7.36. The van der Waals surface area contributed by atoms with Crippen molar-refractivity contribution in [3.8, 4) is 0 Å². The molecule has 1 N–H and O–H groups in total. The molecule has 4 nitrogen and oxygen atoms in total. The van der Waals surface area contributed by atoms with Crippen LogP contribution < -0.4 is 0 Å². The summed E-state index contributed by atoms with van der Waals surface area (Å²) in [5.74, 6) is 0.929. The van der Waals surface area contributed by atoms with Crippen LogP contribution in [0.3, 0.4) is 0 Å². The quantitative estimate of drug-likeness (QED) is 0.908. The summed E-state index contributed by atoms with van der Waals surface area (Å²) >= 11 is 0. The topological polar surface area (TPSA) is 45.6 Å². The fourth-order valence-electron chi connectivity index (χ4n) is 3.63. The lowest BCUT2D eigenvalue weighted by Gasteiger charge is -2.25. The molecule has 2 fully saturated rings. The monoisotopic (exact) mass is 304 g/mol. The molecule has 1 aromatic heterocycles. The highest BCUT2D eigenvalue weighted by Gasteiger charge is 2.27. The van der Waals surface area contributed by atoms with Crippen molar-refractivity contribution in [2.45, 2.75) is 57.5 Å². The Morgan fingerprint density at radius 1 is 1.36 bits per heavy atom. The Bertz CT molecular complexity index is 498. The van der Waals surface area contributed by atoms with Gasteiger partial charge in [0.1, 0.15) is 0 Å². The lowest BCUT2D eigenvalue weighted by atomic mass is 9.95. The Hall–Kier alpha value is -0.970. The minimum atomic E-state index is 0.256. The maximum atomic E-state index is 9.56. The zero-order valence-electron chi connectivity index (χ0n) is 13.8. The van der Waals surface area contributed by atoms with Crippen LogP contribution in [-0.2, 0) is 11.3 Å². The molecule has 0 aromatic carbocycles. The third kappa shape index (κ3) is 3.34. The normalized spacial score (nSPS) is 26.2. The Labute approximate surface area is 133 Å². The molecular weight excluding hydrogens is 276 g/mol. The van der Waals surface area contributed by atoms with Gasteiger partial charge in [-0.1, -0.05) is 19.9 Å². The predicted octanol–water partition coefficient (Wildman–Crippen LogP) is 2.67. The number of nitrogens with zero attached hydrogens (tertiary/aromatic N) is 2. The summed E-state index contributed by atoms with van der Waals surface area (Å²) in [6.07, 6.45) is 3.37. The minimum Gasteiger partial charge on any atom is -0.395 e. The van der Waals surface area contributed by atoms with Crippen LogP contribution in [0.1, 0.15) is 61.9 Å². The van der Waals surface area contributed by atoms with Gasteiger partial charge < -0.3 is 9.84 Å². The number of pyridine rings is 1. The summed E-state index contributed by atoms with van der Waals surface area (Å²) in [5.41, 5.74) is 3.71. The summed E-state index contributed by atoms with van der Waals surface area (Å²) in [6.45, 7) is 8.24. The van der Waals surface area contributed by atoms with Gasteiger partial charge in [-0.2, -0.15) is 0 Å². The van der Waals surface area contributed by atoms with Crippen molar-refractivity contribution in [3.63, 3.8) is 0 Å². The second-order valence-corrected chi connectivity index (χ2v) is 6.94. The van der Waals surface area contributed by atoms with E-state index >= 15 is 0 Å². The molecule has 1 aromatic rings. The van der Waals surface area contributed by atoms with Crippen molar-refractivity contribution >= 4 is 0 Å². The number of aliphatic hydroxyl groups excluding tert-OH is 1. The molecule has 2 aliphatic rings. The molecule has 2 aliphatic heterocycles. The first-order chi connectivity index (χ1) is 10.7. The minimum absolute atomic E-state index is 0.256. The zero-order valence-corrected chi connectivity index (χ0v) is 13.8. The van der Waals surface area contributed by atoms with E-state index in [1.807, 2.05) is 0 Å². The zero-order chi connectivity index (χ0) is 15.5. The molecule has 0 spiro atoms. The molecule has 0 radical (unpaired) electrons. The number of aromatic nitrogens is 1. The van der Waals surface area contributed by atoms with Gasteiger partial charge in [-0.15, -0.1) is 0 Å². The van der Waals surface area contributed by atoms with Crippen LogP contribution in [0.2, 0.25) is 0 Å². The third-order valence-corrected chi connectivity index (χ3v) is 5.05. The molecule has 0 amide bonds. The second-order valence-electron chi connectivity index (χ2n) is 6.94. The summed E-state index contributed by atoms with van der Waals surface area (Å²) in [7, 11) is 0. The number of ether oxygens (including phenoxy) is 1. The van der Waals surface area contributed by atoms with Gasteiger partial charge in [0, 0.05) is 30.8 Å². The van der Waals surface area contributed by atoms with Gasteiger partial charge in [0.05, 0.1) is 18.9 Å². The van der Waals surface area contributed by atoms with Gasteiger partial charge in [-0.25, -0.2) is 0 Å². The van der Waals surface area contributed by atoms with Crippen molar-refractivity contribution in [2.75, 3.05) is 26.4 Å². The van der Waals surface area contributed by atoms with Crippen LogP contribution in [0, 0.1) is 0 Å². The van der Waals surface area contributed by atoms with Gasteiger partial charge in [0.15, 0.2) is 0 Å². The first kappa shape index (κ1) is 15.9. The fourth-order valence-corrected chi connectivity index (χ4v) is 3.63. The van der Waals surface area contributed by atoms with Gasteiger partial charge in [0.2, 0.25) is 0 Å². The highest BCUT2D eigenvalue weighted by Crippen LogP contribution is 2.30. The van der Waals surface area contributed by atoms with Crippen LogP contribution in [0.15, 0.2) is 12.1 Å². The molecule has 3 heterocycles. The van der Waals surface area contributed by atoms with Crippen LogP contribution in [0.25, 0.3) is 0 Å². The Balaban J connectivity index is 1.86. The molecule has 0 saturated carbocycles. The largest absolute Gasteiger partial charge is 0.395 e. The number of hydrogen-bond acceptors (Lipinski definition) is 4. The van der Waals surface area contributed by atoms with Crippen molar-refractivity contribution in [1.29, 1.82) is 0 Å². The van der Waals surface area contributed by atoms with Crippen molar-refractivity contribution < 1.29 is 9.84 Å². The maximum absolute atomic E-state index is 9.56. The average molecular weight is 304 g/mol. The van der Waals surface area contributed by atoms with Crippen LogP contribution >= 0.6 is 0 Å². The summed E-state index contributed by atoms with van der Waals surface area (Å²) in [5, 5.41) is 9.56. The Morgan fingerprint density at radius 3 is 2.91 bits per heavy atom. The number of likely N-dealkylation sites (tertiary alicyclic amines) is 1. The van der Waals surface area contributed by atoms with E-state index in [2.05, 4.69) is 30.9 Å². The van der Waals surface area contributed by atoms with E-state index in [0.717, 1.165) is 44.8 Å². The maximum Gasteiger partial charge on any atom is 0.0587 e. The first-order valence-electron chi connectivity index (χ1n) is 8.61. The van der Waals surface area contributed by atoms with Crippen LogP contribution in [0.4, 0.5) is 0 Å². The summed E-state index contributed by atoms with van der Waals surface area (Å²) in [6, 6.07) is 4.74. The SMILES string of the molecule is CC(C)c1ccc([C@@H]2CCOC2)c(CN2CCCC2CO)n1. The van der Waals surface area contributed by atoms with Crippen LogP contribution in [0.5, 0.6) is 0 Å². The van der Waals surface area contributed by atoms with Crippen LogP contribution in [-0.4, -0.2) is 47.4 Å². The van der Waals surface area contributed by atoms with E-state index in [1.165, 1.54) is 17.7 Å². The Kier molecular flexibility index (Phi) is 5.11. The van der Waals surface area contributed by atoms with Crippen molar-refractivity contribution in [3.05, 3.63) is 29.1 Å². The molecule has 2 atom stereocenters. The van der Waals surface area contributed by atoms with Gasteiger partial charge in [0.25, 0.3) is 0 Å². The smallest absolute Gasteiger partial charge is 0.0587 e. The molecule has 2 saturated heterocycles. The molecule has 122 valence electrons. The first-order valence-corrected chi connectivity index (χ1v) is 8.61. The van der Waals surface area contributed by atoms with E-state index in [4.69, 9.17) is 9.72 Å². The van der Waals surface area contributed by atoms with Gasteiger partial charge >= 0.3 is 0 Å². The van der Waals surface area contributed by atoms with E-state index < -0.39 is 0 Å². The molecule has 4 heteroatoms. The lowest BCUT2D eigenvalue weighted by molar-refractivity contribution is 0.151. The molecule has 0 aliphatic carbocycles. The van der Waals surface area contributed by atoms with E-state index in [1.54, 1.807) is 0 Å². The number of rotatable bonds is 5. The molecule has 0 bridgehead atoms. The second kappa shape index (κ2) is 7.07. The highest BCUT2D eigenvalue weighted by atomic mass is 16.5. The lowest BCUT2D eigenvalue weighted by Crippen LogP contribution is -2.32. The van der Waals surface area contributed by atoms with Gasteiger partial charge in [-0.05, 0) is 43.4 Å². The summed E-state index contributed by atoms with van der Waals surface area (Å²) < 4.78 is 5.58. The van der Waals surface area contributed by atoms with Crippen molar-refractivity contribution in [1.82, 2.24) is 9.88 Å². The number of hydrogen-bond donors (Lipinski definition) is 1. The third-order valence-electron chi connectivity index (χ3n) is 5.05. The molecular formula is C18H28N2O2. The Morgan fingerprint density at radius 2 is 2.23 bits per heavy atom.